The number of hydrogen-bond acceptors (Lipinski definition) is 4. The molecule has 4 rings (SSSR count). The second-order valence-electron chi connectivity index (χ2n) is 9.43. The summed E-state index contributed by atoms with van der Waals surface area (Å²) in [7, 11) is -3.44. The monoisotopic (exact) mass is 503 g/mol. The summed E-state index contributed by atoms with van der Waals surface area (Å²) in [6.07, 6.45) is 4.95. The molecule has 2 fully saturated rings. The first kappa shape index (κ1) is 25.2. The average Bonchev–Trinajstić information content (AvgIpc) is 2.83. The summed E-state index contributed by atoms with van der Waals surface area (Å²) >= 11 is 5.98. The van der Waals surface area contributed by atoms with Crippen molar-refractivity contribution >= 4 is 27.5 Å². The molecule has 2 aromatic carbocycles. The van der Waals surface area contributed by atoms with Crippen LogP contribution in [0, 0.1) is 5.92 Å². The van der Waals surface area contributed by atoms with Crippen LogP contribution in [0.1, 0.15) is 48.8 Å². The molecule has 2 aliphatic heterocycles. The Balaban J connectivity index is 1.24. The number of halogens is 1. The highest BCUT2D eigenvalue weighted by Gasteiger charge is 2.31. The molecule has 34 heavy (non-hydrogen) atoms. The van der Waals surface area contributed by atoms with Gasteiger partial charge in [0.05, 0.1) is 5.75 Å². The third-order valence-electron chi connectivity index (χ3n) is 6.77. The molecule has 0 aliphatic carbocycles. The van der Waals surface area contributed by atoms with E-state index in [1.807, 2.05) is 6.07 Å². The van der Waals surface area contributed by atoms with Crippen molar-refractivity contribution in [2.45, 2.75) is 50.9 Å². The number of sulfonamides is 1. The van der Waals surface area contributed by atoms with Crippen molar-refractivity contribution < 1.29 is 13.2 Å². The van der Waals surface area contributed by atoms with Crippen LogP contribution in [-0.2, 0) is 33.7 Å². The van der Waals surface area contributed by atoms with Crippen LogP contribution in [0.25, 0.3) is 0 Å². The van der Waals surface area contributed by atoms with Gasteiger partial charge in [-0.3, -0.25) is 9.69 Å². The van der Waals surface area contributed by atoms with Crippen LogP contribution in [-0.4, -0.2) is 49.7 Å². The van der Waals surface area contributed by atoms with Crippen molar-refractivity contribution in [2.24, 2.45) is 5.92 Å². The number of benzene rings is 2. The third kappa shape index (κ3) is 7.04. The summed E-state index contributed by atoms with van der Waals surface area (Å²) in [5, 5.41) is 3.59. The number of carbonyl (C=O) groups excluding carboxylic acids is 1. The molecule has 6 nitrogen and oxygen atoms in total. The summed E-state index contributed by atoms with van der Waals surface area (Å²) in [4.78, 5) is 15.3. The van der Waals surface area contributed by atoms with Crippen LogP contribution in [0.15, 0.2) is 48.5 Å². The first-order valence-electron chi connectivity index (χ1n) is 12.2. The van der Waals surface area contributed by atoms with E-state index in [4.69, 9.17) is 11.6 Å². The number of carbonyl (C=O) groups is 1. The zero-order valence-electron chi connectivity index (χ0n) is 19.6. The zero-order valence-corrected chi connectivity index (χ0v) is 21.2. The molecule has 0 bridgehead atoms. The van der Waals surface area contributed by atoms with Crippen molar-refractivity contribution in [3.05, 3.63) is 70.2 Å². The van der Waals surface area contributed by atoms with Crippen LogP contribution in [0.2, 0.25) is 5.02 Å². The van der Waals surface area contributed by atoms with Gasteiger partial charge >= 0.3 is 0 Å². The van der Waals surface area contributed by atoms with E-state index in [2.05, 4.69) is 28.4 Å². The average molecular weight is 504 g/mol. The number of amides is 1. The fraction of sp³-hybridized carbons (Fsp3) is 0.500. The van der Waals surface area contributed by atoms with Gasteiger partial charge in [0, 0.05) is 37.1 Å². The second-order valence-corrected chi connectivity index (χ2v) is 11.8. The van der Waals surface area contributed by atoms with Crippen LogP contribution in [0.5, 0.6) is 0 Å². The van der Waals surface area contributed by atoms with Gasteiger partial charge in [0.25, 0.3) is 0 Å². The van der Waals surface area contributed by atoms with Crippen LogP contribution < -0.4 is 5.32 Å². The molecule has 0 radical (unpaired) electrons. The number of nitrogens with zero attached hydrogens (tertiary/aromatic N) is 2. The minimum absolute atomic E-state index is 0.00771. The second kappa shape index (κ2) is 11.7. The number of nitrogens with one attached hydrogen (secondary N) is 1. The molecule has 8 heteroatoms. The topological polar surface area (TPSA) is 69.7 Å². The Morgan fingerprint density at radius 3 is 2.32 bits per heavy atom. The number of rotatable bonds is 8. The van der Waals surface area contributed by atoms with Gasteiger partial charge in [-0.05, 0) is 67.6 Å². The van der Waals surface area contributed by atoms with Crippen LogP contribution in [0.3, 0.4) is 0 Å². The Morgan fingerprint density at radius 2 is 1.59 bits per heavy atom. The van der Waals surface area contributed by atoms with Gasteiger partial charge in [-0.15, -0.1) is 0 Å². The van der Waals surface area contributed by atoms with E-state index in [0.717, 1.165) is 25.2 Å². The van der Waals surface area contributed by atoms with Crippen molar-refractivity contribution in [2.75, 3.05) is 26.2 Å². The summed E-state index contributed by atoms with van der Waals surface area (Å²) in [5.41, 5.74) is 3.06. The predicted molar refractivity (Wildman–Crippen MR) is 136 cm³/mol. The number of piperidine rings is 2. The molecule has 0 saturated carbocycles. The minimum atomic E-state index is -3.44. The highest BCUT2D eigenvalue weighted by atomic mass is 35.5. The highest BCUT2D eigenvalue weighted by molar-refractivity contribution is 7.88. The van der Waals surface area contributed by atoms with Crippen molar-refractivity contribution in [3.8, 4) is 0 Å². The lowest BCUT2D eigenvalue weighted by atomic mass is 9.97. The molecule has 0 atom stereocenters. The van der Waals surface area contributed by atoms with Crippen molar-refractivity contribution in [3.63, 3.8) is 0 Å². The smallest absolute Gasteiger partial charge is 0.223 e. The van der Waals surface area contributed by atoms with Gasteiger partial charge in [-0.2, -0.15) is 0 Å². The van der Waals surface area contributed by atoms with Crippen LogP contribution in [0.4, 0.5) is 0 Å². The predicted octanol–water partition coefficient (Wildman–Crippen LogP) is 4.18. The van der Waals surface area contributed by atoms with Gasteiger partial charge in [-0.25, -0.2) is 12.7 Å². The molecule has 0 unspecified atom stereocenters. The SMILES string of the molecule is O=C(NCc1cccc(CN2CCCCC2)c1)C1CCN(S(=O)(=O)Cc2cccc(Cl)c2)CC1. The summed E-state index contributed by atoms with van der Waals surface area (Å²) in [6.45, 7) is 4.52. The van der Waals surface area contributed by atoms with Crippen molar-refractivity contribution in [1.82, 2.24) is 14.5 Å². The van der Waals surface area contributed by atoms with E-state index >= 15 is 0 Å². The van der Waals surface area contributed by atoms with E-state index < -0.39 is 10.0 Å². The molecular weight excluding hydrogens is 470 g/mol. The summed E-state index contributed by atoms with van der Waals surface area (Å²) in [6, 6.07) is 15.4. The lowest BCUT2D eigenvalue weighted by Crippen LogP contribution is -2.43. The van der Waals surface area contributed by atoms with E-state index in [-0.39, 0.29) is 17.6 Å². The number of hydrogen-bond donors (Lipinski definition) is 1. The summed E-state index contributed by atoms with van der Waals surface area (Å²) < 4.78 is 27.1. The van der Waals surface area contributed by atoms with Gasteiger partial charge in [0.2, 0.25) is 15.9 Å². The molecule has 0 aromatic heterocycles. The Labute approximate surface area is 208 Å². The summed E-state index contributed by atoms with van der Waals surface area (Å²) in [5.74, 6) is -0.222. The van der Waals surface area contributed by atoms with Crippen LogP contribution >= 0.6 is 11.6 Å². The molecule has 2 saturated heterocycles. The van der Waals surface area contributed by atoms with E-state index in [0.29, 0.717) is 43.1 Å². The zero-order chi connectivity index (χ0) is 24.0. The molecular formula is C26H34ClN3O3S. The first-order valence-corrected chi connectivity index (χ1v) is 14.2. The van der Waals surface area contributed by atoms with Gasteiger partial charge in [-0.1, -0.05) is 54.4 Å². The maximum atomic E-state index is 12.8. The lowest BCUT2D eigenvalue weighted by molar-refractivity contribution is -0.126. The maximum absolute atomic E-state index is 12.8. The maximum Gasteiger partial charge on any atom is 0.223 e. The quantitative estimate of drug-likeness (QED) is 0.586. The molecule has 2 aromatic rings. The Bertz CT molecular complexity index is 1080. The van der Waals surface area contributed by atoms with Crippen molar-refractivity contribution in [1.29, 1.82) is 0 Å². The third-order valence-corrected chi connectivity index (χ3v) is 8.85. The molecule has 2 aliphatic rings. The van der Waals surface area contributed by atoms with E-state index in [9.17, 15) is 13.2 Å². The highest BCUT2D eigenvalue weighted by Crippen LogP contribution is 2.23. The van der Waals surface area contributed by atoms with E-state index in [1.54, 1.807) is 24.3 Å². The fourth-order valence-electron chi connectivity index (χ4n) is 4.87. The normalized spacial score (nSPS) is 18.6. The molecule has 2 heterocycles. The molecule has 184 valence electrons. The first-order chi connectivity index (χ1) is 16.4. The minimum Gasteiger partial charge on any atom is -0.352 e. The van der Waals surface area contributed by atoms with Gasteiger partial charge in [0.15, 0.2) is 0 Å². The Hall–Kier alpha value is -1.93. The largest absolute Gasteiger partial charge is 0.352 e. The van der Waals surface area contributed by atoms with Gasteiger partial charge < -0.3 is 5.32 Å². The Kier molecular flexibility index (Phi) is 8.64. The Morgan fingerprint density at radius 1 is 0.912 bits per heavy atom. The molecule has 1 N–H and O–H groups in total. The van der Waals surface area contributed by atoms with E-state index in [1.165, 1.54) is 29.1 Å². The fourth-order valence-corrected chi connectivity index (χ4v) is 6.64. The molecule has 0 spiro atoms. The lowest BCUT2D eigenvalue weighted by Gasteiger charge is -2.30. The molecule has 1 amide bonds. The number of likely N-dealkylation sites (tertiary alicyclic amines) is 1. The van der Waals surface area contributed by atoms with Gasteiger partial charge in [0.1, 0.15) is 0 Å². The standard InChI is InChI=1S/C26H34ClN3O3S/c27-25-9-5-8-23(17-25)20-34(32,33)30-14-10-24(11-15-30)26(31)28-18-21-6-4-7-22(16-21)19-29-12-2-1-3-13-29/h4-9,16-17,24H,1-3,10-15,18-20H2,(H,28,31).